The van der Waals surface area contributed by atoms with Crippen LogP contribution in [0.15, 0.2) is 0 Å². The van der Waals surface area contributed by atoms with Crippen molar-refractivity contribution in [1.82, 2.24) is 9.80 Å². The first-order valence-corrected chi connectivity index (χ1v) is 6.97. The van der Waals surface area contributed by atoms with Crippen molar-refractivity contribution >= 4 is 0 Å². The summed E-state index contributed by atoms with van der Waals surface area (Å²) in [4.78, 5) is 4.98. The van der Waals surface area contributed by atoms with E-state index in [0.29, 0.717) is 19.1 Å². The highest BCUT2D eigenvalue weighted by atomic mass is 16.5. The normalized spacial score (nSPS) is 20.2. The van der Waals surface area contributed by atoms with E-state index in [1.807, 2.05) is 0 Å². The van der Waals surface area contributed by atoms with Gasteiger partial charge in [-0.2, -0.15) is 0 Å². The fraction of sp³-hybridized carbons (Fsp3) is 1.00. The highest BCUT2D eigenvalue weighted by molar-refractivity contribution is 4.73. The molecule has 1 unspecified atom stereocenters. The third-order valence-electron chi connectivity index (χ3n) is 3.42. The molecule has 0 radical (unpaired) electrons. The zero-order valence-corrected chi connectivity index (χ0v) is 11.9. The van der Waals surface area contributed by atoms with Gasteiger partial charge in [0, 0.05) is 46.4 Å². The van der Waals surface area contributed by atoms with E-state index in [1.54, 1.807) is 7.11 Å². The van der Waals surface area contributed by atoms with Crippen LogP contribution in [0.5, 0.6) is 0 Å². The lowest BCUT2D eigenvalue weighted by molar-refractivity contribution is 0.0448. The maximum atomic E-state index is 5.66. The zero-order chi connectivity index (χ0) is 13.2. The van der Waals surface area contributed by atoms with Crippen molar-refractivity contribution in [2.24, 2.45) is 11.7 Å². The van der Waals surface area contributed by atoms with Gasteiger partial charge in [-0.1, -0.05) is 6.92 Å². The van der Waals surface area contributed by atoms with E-state index >= 15 is 0 Å². The number of methoxy groups -OCH3 is 1. The minimum atomic E-state index is 0.605. The van der Waals surface area contributed by atoms with Gasteiger partial charge in [0.15, 0.2) is 0 Å². The molecule has 1 saturated heterocycles. The number of nitrogens with two attached hydrogens (primary N) is 1. The molecule has 1 fully saturated rings. The van der Waals surface area contributed by atoms with Crippen molar-refractivity contribution in [1.29, 1.82) is 0 Å². The Kier molecular flexibility index (Phi) is 8.54. The molecule has 0 aromatic heterocycles. The lowest BCUT2D eigenvalue weighted by atomic mass is 10.1. The third kappa shape index (κ3) is 6.66. The van der Waals surface area contributed by atoms with Gasteiger partial charge >= 0.3 is 0 Å². The molecule has 0 aliphatic carbocycles. The molecular formula is C13H29N3O2. The Morgan fingerprint density at radius 3 is 2.33 bits per heavy atom. The molecule has 1 aliphatic rings. The van der Waals surface area contributed by atoms with E-state index in [9.17, 15) is 0 Å². The van der Waals surface area contributed by atoms with Crippen LogP contribution >= 0.6 is 0 Å². The van der Waals surface area contributed by atoms with Crippen LogP contribution < -0.4 is 5.73 Å². The molecule has 5 nitrogen and oxygen atoms in total. The Labute approximate surface area is 111 Å². The fourth-order valence-corrected chi connectivity index (χ4v) is 2.15. The summed E-state index contributed by atoms with van der Waals surface area (Å²) in [6.07, 6.45) is 0. The van der Waals surface area contributed by atoms with Crippen LogP contribution in [-0.2, 0) is 9.47 Å². The molecule has 1 heterocycles. The molecule has 5 heteroatoms. The molecule has 108 valence electrons. The highest BCUT2D eigenvalue weighted by Gasteiger charge is 2.17. The molecular weight excluding hydrogens is 230 g/mol. The molecule has 0 amide bonds. The first-order chi connectivity index (χ1) is 8.76. The van der Waals surface area contributed by atoms with Gasteiger partial charge < -0.3 is 20.1 Å². The van der Waals surface area contributed by atoms with E-state index in [2.05, 4.69) is 16.7 Å². The van der Waals surface area contributed by atoms with Crippen molar-refractivity contribution in [2.45, 2.75) is 6.92 Å². The van der Waals surface area contributed by atoms with Crippen molar-refractivity contribution in [2.75, 3.05) is 72.7 Å². The maximum absolute atomic E-state index is 5.66. The van der Waals surface area contributed by atoms with Crippen LogP contribution in [0.1, 0.15) is 6.92 Å². The summed E-state index contributed by atoms with van der Waals surface area (Å²) in [6, 6.07) is 0. The Bertz CT molecular complexity index is 197. The van der Waals surface area contributed by atoms with Crippen LogP contribution in [-0.4, -0.2) is 82.5 Å². The Hall–Kier alpha value is -0.200. The standard InChI is InChI=1S/C13H29N3O2/c1-13(11-14)12-16-5-3-15(4-6-16)7-8-18-10-9-17-2/h13H,3-12,14H2,1-2H3. The second-order valence-electron chi connectivity index (χ2n) is 5.09. The molecule has 1 atom stereocenters. The summed E-state index contributed by atoms with van der Waals surface area (Å²) in [5.74, 6) is 0.605. The van der Waals surface area contributed by atoms with E-state index in [0.717, 1.165) is 52.4 Å². The summed E-state index contributed by atoms with van der Waals surface area (Å²) in [5.41, 5.74) is 5.66. The van der Waals surface area contributed by atoms with Crippen LogP contribution in [0, 0.1) is 5.92 Å². The van der Waals surface area contributed by atoms with Crippen molar-refractivity contribution < 1.29 is 9.47 Å². The van der Waals surface area contributed by atoms with Gasteiger partial charge in [-0.15, -0.1) is 0 Å². The summed E-state index contributed by atoms with van der Waals surface area (Å²) >= 11 is 0. The van der Waals surface area contributed by atoms with Crippen molar-refractivity contribution in [3.63, 3.8) is 0 Å². The predicted molar refractivity (Wildman–Crippen MR) is 73.8 cm³/mol. The summed E-state index contributed by atoms with van der Waals surface area (Å²) in [7, 11) is 1.70. The van der Waals surface area contributed by atoms with Crippen LogP contribution in [0.4, 0.5) is 0 Å². The second-order valence-corrected chi connectivity index (χ2v) is 5.09. The monoisotopic (exact) mass is 259 g/mol. The SMILES string of the molecule is COCCOCCN1CCN(CC(C)CN)CC1. The van der Waals surface area contributed by atoms with Gasteiger partial charge in [0.1, 0.15) is 0 Å². The molecule has 0 bridgehead atoms. The van der Waals surface area contributed by atoms with Crippen molar-refractivity contribution in [3.05, 3.63) is 0 Å². The summed E-state index contributed by atoms with van der Waals surface area (Å²) < 4.78 is 10.4. The first kappa shape index (κ1) is 15.9. The average molecular weight is 259 g/mol. The Morgan fingerprint density at radius 1 is 1.06 bits per heavy atom. The smallest absolute Gasteiger partial charge is 0.0700 e. The number of hydrogen-bond donors (Lipinski definition) is 1. The van der Waals surface area contributed by atoms with E-state index in [1.165, 1.54) is 0 Å². The van der Waals surface area contributed by atoms with Crippen LogP contribution in [0.25, 0.3) is 0 Å². The number of piperazine rings is 1. The third-order valence-corrected chi connectivity index (χ3v) is 3.42. The van der Waals surface area contributed by atoms with Gasteiger partial charge in [-0.25, -0.2) is 0 Å². The molecule has 1 rings (SSSR count). The number of ether oxygens (including phenoxy) is 2. The van der Waals surface area contributed by atoms with Crippen molar-refractivity contribution in [3.8, 4) is 0 Å². The molecule has 18 heavy (non-hydrogen) atoms. The van der Waals surface area contributed by atoms with Gasteiger partial charge in [0.2, 0.25) is 0 Å². The zero-order valence-electron chi connectivity index (χ0n) is 11.9. The molecule has 0 aromatic rings. The van der Waals surface area contributed by atoms with Gasteiger partial charge in [-0.3, -0.25) is 4.90 Å². The van der Waals surface area contributed by atoms with E-state index < -0.39 is 0 Å². The lowest BCUT2D eigenvalue weighted by Crippen LogP contribution is -2.48. The van der Waals surface area contributed by atoms with E-state index in [-0.39, 0.29) is 0 Å². The summed E-state index contributed by atoms with van der Waals surface area (Å²) in [6.45, 7) is 12.0. The molecule has 0 spiro atoms. The van der Waals surface area contributed by atoms with Gasteiger partial charge in [0.05, 0.1) is 19.8 Å². The topological polar surface area (TPSA) is 51.0 Å². The van der Waals surface area contributed by atoms with E-state index in [4.69, 9.17) is 15.2 Å². The highest BCUT2D eigenvalue weighted by Crippen LogP contribution is 2.04. The molecule has 0 saturated carbocycles. The number of hydrogen-bond acceptors (Lipinski definition) is 5. The van der Waals surface area contributed by atoms with Gasteiger partial charge in [-0.05, 0) is 12.5 Å². The Morgan fingerprint density at radius 2 is 1.72 bits per heavy atom. The minimum Gasteiger partial charge on any atom is -0.382 e. The quantitative estimate of drug-likeness (QED) is 0.584. The fourth-order valence-electron chi connectivity index (χ4n) is 2.15. The first-order valence-electron chi connectivity index (χ1n) is 6.97. The average Bonchev–Trinajstić information content (AvgIpc) is 2.40. The Balaban J connectivity index is 2.01. The predicted octanol–water partition coefficient (Wildman–Crippen LogP) is -0.138. The second kappa shape index (κ2) is 9.69. The van der Waals surface area contributed by atoms with Crippen LogP contribution in [0.3, 0.4) is 0 Å². The van der Waals surface area contributed by atoms with Crippen LogP contribution in [0.2, 0.25) is 0 Å². The number of nitrogens with zero attached hydrogens (tertiary/aromatic N) is 2. The number of rotatable bonds is 9. The molecule has 1 aliphatic heterocycles. The minimum absolute atomic E-state index is 0.605. The maximum Gasteiger partial charge on any atom is 0.0700 e. The largest absolute Gasteiger partial charge is 0.382 e. The van der Waals surface area contributed by atoms with Gasteiger partial charge in [0.25, 0.3) is 0 Å². The molecule has 2 N–H and O–H groups in total. The molecule has 0 aromatic carbocycles. The lowest BCUT2D eigenvalue weighted by Gasteiger charge is -2.35. The summed E-state index contributed by atoms with van der Waals surface area (Å²) in [5, 5.41) is 0.